The van der Waals surface area contributed by atoms with Gasteiger partial charge in [-0.25, -0.2) is 4.39 Å². The SMILES string of the molecule is Cc1ccc(NC(=O)c2cc(F)ccc2C)c(C)c1. The molecule has 1 N–H and O–H groups in total. The number of halogens is 1. The Kier molecular flexibility index (Phi) is 3.65. The normalized spacial score (nSPS) is 10.3. The van der Waals surface area contributed by atoms with Gasteiger partial charge in [-0.15, -0.1) is 0 Å². The molecule has 0 aromatic heterocycles. The first-order chi connectivity index (χ1) is 8.97. The number of nitrogens with one attached hydrogen (secondary N) is 1. The van der Waals surface area contributed by atoms with Gasteiger partial charge in [0.1, 0.15) is 5.82 Å². The van der Waals surface area contributed by atoms with Crippen molar-refractivity contribution in [1.29, 1.82) is 0 Å². The molecule has 0 aliphatic heterocycles. The second kappa shape index (κ2) is 5.22. The molecule has 98 valence electrons. The van der Waals surface area contributed by atoms with Crippen molar-refractivity contribution < 1.29 is 9.18 Å². The summed E-state index contributed by atoms with van der Waals surface area (Å²) in [6.07, 6.45) is 0. The zero-order chi connectivity index (χ0) is 14.0. The monoisotopic (exact) mass is 257 g/mol. The molecule has 0 spiro atoms. The number of aryl methyl sites for hydroxylation is 3. The molecule has 0 heterocycles. The van der Waals surface area contributed by atoms with Crippen LogP contribution in [0.15, 0.2) is 36.4 Å². The van der Waals surface area contributed by atoms with Crippen LogP contribution < -0.4 is 5.32 Å². The van der Waals surface area contributed by atoms with Crippen LogP contribution in [0.1, 0.15) is 27.0 Å². The zero-order valence-corrected chi connectivity index (χ0v) is 11.3. The number of hydrogen-bond donors (Lipinski definition) is 1. The second-order valence-electron chi connectivity index (χ2n) is 4.73. The van der Waals surface area contributed by atoms with Crippen LogP contribution in [0, 0.1) is 26.6 Å². The third-order valence-electron chi connectivity index (χ3n) is 3.07. The summed E-state index contributed by atoms with van der Waals surface area (Å²) < 4.78 is 13.2. The van der Waals surface area contributed by atoms with E-state index in [9.17, 15) is 9.18 Å². The average Bonchev–Trinajstić information content (AvgIpc) is 2.35. The molecule has 0 bridgehead atoms. The van der Waals surface area contributed by atoms with Gasteiger partial charge in [0.05, 0.1) is 0 Å². The Balaban J connectivity index is 2.28. The fourth-order valence-electron chi connectivity index (χ4n) is 1.98. The van der Waals surface area contributed by atoms with E-state index in [1.54, 1.807) is 13.0 Å². The summed E-state index contributed by atoms with van der Waals surface area (Å²) in [5.41, 5.74) is 3.99. The van der Waals surface area contributed by atoms with Gasteiger partial charge in [0.2, 0.25) is 0 Å². The lowest BCUT2D eigenvalue weighted by Crippen LogP contribution is -2.14. The van der Waals surface area contributed by atoms with Crippen LogP contribution in [-0.4, -0.2) is 5.91 Å². The molecule has 0 aliphatic carbocycles. The maximum Gasteiger partial charge on any atom is 0.256 e. The maximum atomic E-state index is 13.2. The molecule has 2 aromatic carbocycles. The molecule has 19 heavy (non-hydrogen) atoms. The molecule has 0 saturated heterocycles. The second-order valence-corrected chi connectivity index (χ2v) is 4.73. The molecule has 2 aromatic rings. The van der Waals surface area contributed by atoms with Gasteiger partial charge >= 0.3 is 0 Å². The fourth-order valence-corrected chi connectivity index (χ4v) is 1.98. The zero-order valence-electron chi connectivity index (χ0n) is 11.3. The predicted octanol–water partition coefficient (Wildman–Crippen LogP) is 4.00. The van der Waals surface area contributed by atoms with Crippen LogP contribution in [-0.2, 0) is 0 Å². The molecule has 3 heteroatoms. The highest BCUT2D eigenvalue weighted by Gasteiger charge is 2.11. The van der Waals surface area contributed by atoms with Crippen molar-refractivity contribution in [2.45, 2.75) is 20.8 Å². The van der Waals surface area contributed by atoms with Gasteiger partial charge < -0.3 is 5.32 Å². The summed E-state index contributed by atoms with van der Waals surface area (Å²) in [6.45, 7) is 5.72. The maximum absolute atomic E-state index is 13.2. The van der Waals surface area contributed by atoms with E-state index in [0.717, 1.165) is 22.4 Å². The van der Waals surface area contributed by atoms with E-state index in [0.29, 0.717) is 5.56 Å². The van der Waals surface area contributed by atoms with Crippen molar-refractivity contribution in [3.63, 3.8) is 0 Å². The van der Waals surface area contributed by atoms with E-state index in [1.807, 2.05) is 32.0 Å². The van der Waals surface area contributed by atoms with Crippen LogP contribution in [0.3, 0.4) is 0 Å². The van der Waals surface area contributed by atoms with Crippen molar-refractivity contribution in [1.82, 2.24) is 0 Å². The van der Waals surface area contributed by atoms with Gasteiger partial charge in [0.25, 0.3) is 5.91 Å². The van der Waals surface area contributed by atoms with Gasteiger partial charge in [0, 0.05) is 11.3 Å². The topological polar surface area (TPSA) is 29.1 Å². The number of rotatable bonds is 2. The van der Waals surface area contributed by atoms with Crippen molar-refractivity contribution in [3.05, 3.63) is 64.5 Å². The first kappa shape index (κ1) is 13.3. The van der Waals surface area contributed by atoms with Gasteiger partial charge in [-0.2, -0.15) is 0 Å². The number of carbonyl (C=O) groups is 1. The summed E-state index contributed by atoms with van der Waals surface area (Å²) in [5.74, 6) is -0.694. The van der Waals surface area contributed by atoms with Crippen molar-refractivity contribution in [3.8, 4) is 0 Å². The van der Waals surface area contributed by atoms with Crippen molar-refractivity contribution >= 4 is 11.6 Å². The Morgan fingerprint density at radius 3 is 2.42 bits per heavy atom. The Morgan fingerprint density at radius 1 is 1.00 bits per heavy atom. The first-order valence-electron chi connectivity index (χ1n) is 6.12. The average molecular weight is 257 g/mol. The predicted molar refractivity (Wildman–Crippen MR) is 75.0 cm³/mol. The van der Waals surface area contributed by atoms with Gasteiger partial charge in [-0.3, -0.25) is 4.79 Å². The summed E-state index contributed by atoms with van der Waals surface area (Å²) in [6, 6.07) is 10.00. The lowest BCUT2D eigenvalue weighted by Gasteiger charge is -2.10. The number of anilines is 1. The van der Waals surface area contributed by atoms with Crippen LogP contribution in [0.25, 0.3) is 0 Å². The van der Waals surface area contributed by atoms with E-state index < -0.39 is 5.82 Å². The molecule has 0 unspecified atom stereocenters. The molecule has 1 amide bonds. The lowest BCUT2D eigenvalue weighted by molar-refractivity contribution is 0.102. The van der Waals surface area contributed by atoms with Gasteiger partial charge in [-0.1, -0.05) is 23.8 Å². The number of hydrogen-bond acceptors (Lipinski definition) is 1. The minimum absolute atomic E-state index is 0.288. The number of carbonyl (C=O) groups excluding carboxylic acids is 1. The van der Waals surface area contributed by atoms with Gasteiger partial charge in [-0.05, 0) is 50.1 Å². The molecular formula is C16H16FNO. The molecule has 0 saturated carbocycles. The fraction of sp³-hybridized carbons (Fsp3) is 0.188. The Morgan fingerprint density at radius 2 is 1.74 bits per heavy atom. The molecule has 2 nitrogen and oxygen atoms in total. The van der Waals surface area contributed by atoms with Gasteiger partial charge in [0.15, 0.2) is 0 Å². The Labute approximate surface area is 112 Å². The van der Waals surface area contributed by atoms with E-state index in [2.05, 4.69) is 5.32 Å². The van der Waals surface area contributed by atoms with E-state index in [1.165, 1.54) is 12.1 Å². The molecule has 2 rings (SSSR count). The van der Waals surface area contributed by atoms with E-state index in [-0.39, 0.29) is 5.91 Å². The summed E-state index contributed by atoms with van der Waals surface area (Å²) in [7, 11) is 0. The third kappa shape index (κ3) is 2.99. The van der Waals surface area contributed by atoms with Crippen LogP contribution in [0.5, 0.6) is 0 Å². The van der Waals surface area contributed by atoms with E-state index >= 15 is 0 Å². The molecule has 0 fully saturated rings. The van der Waals surface area contributed by atoms with Crippen molar-refractivity contribution in [2.24, 2.45) is 0 Å². The minimum Gasteiger partial charge on any atom is -0.322 e. The summed E-state index contributed by atoms with van der Waals surface area (Å²) in [4.78, 5) is 12.1. The van der Waals surface area contributed by atoms with Crippen LogP contribution >= 0.6 is 0 Å². The Hall–Kier alpha value is -2.16. The molecule has 0 atom stereocenters. The van der Waals surface area contributed by atoms with E-state index in [4.69, 9.17) is 0 Å². The highest BCUT2D eigenvalue weighted by molar-refractivity contribution is 6.05. The highest BCUT2D eigenvalue weighted by atomic mass is 19.1. The number of benzene rings is 2. The number of amides is 1. The molecular weight excluding hydrogens is 241 g/mol. The van der Waals surface area contributed by atoms with Crippen LogP contribution in [0.4, 0.5) is 10.1 Å². The van der Waals surface area contributed by atoms with Crippen LogP contribution in [0.2, 0.25) is 0 Å². The quantitative estimate of drug-likeness (QED) is 0.865. The van der Waals surface area contributed by atoms with Crippen molar-refractivity contribution in [2.75, 3.05) is 5.32 Å². The lowest BCUT2D eigenvalue weighted by atomic mass is 10.1. The summed E-state index contributed by atoms with van der Waals surface area (Å²) in [5, 5.41) is 2.82. The Bertz CT molecular complexity index is 635. The summed E-state index contributed by atoms with van der Waals surface area (Å²) >= 11 is 0. The standard InChI is InChI=1S/C16H16FNO/c1-10-4-7-15(12(3)8-10)18-16(19)14-9-13(17)6-5-11(14)2/h4-9H,1-3H3,(H,18,19). The molecule has 0 radical (unpaired) electrons. The largest absolute Gasteiger partial charge is 0.322 e. The highest BCUT2D eigenvalue weighted by Crippen LogP contribution is 2.18. The third-order valence-corrected chi connectivity index (χ3v) is 3.07. The minimum atomic E-state index is -0.406. The molecule has 0 aliphatic rings. The smallest absolute Gasteiger partial charge is 0.256 e. The first-order valence-corrected chi connectivity index (χ1v) is 6.12.